The second-order valence-corrected chi connectivity index (χ2v) is 4.78. The summed E-state index contributed by atoms with van der Waals surface area (Å²) in [7, 11) is 1.37. The van der Waals surface area contributed by atoms with Crippen LogP contribution in [-0.2, 0) is 14.3 Å². The Morgan fingerprint density at radius 3 is 2.52 bits per heavy atom. The number of ether oxygens (including phenoxy) is 2. The second-order valence-electron chi connectivity index (χ2n) is 4.78. The standard InChI is InChI=1S/C17H21FO3/c1-5-16(10-12(2)11-17(19)20-4)21-13(3)14-6-8-15(18)9-7-14/h6-10,12H,3,5,11H2,1-2,4H3/b16-10+. The maximum Gasteiger partial charge on any atom is 0.306 e. The summed E-state index contributed by atoms with van der Waals surface area (Å²) in [6.07, 6.45) is 2.85. The highest BCUT2D eigenvalue weighted by atomic mass is 19.1. The van der Waals surface area contributed by atoms with Gasteiger partial charge in [0, 0.05) is 12.0 Å². The van der Waals surface area contributed by atoms with E-state index in [0.717, 1.165) is 11.3 Å². The van der Waals surface area contributed by atoms with Crippen LogP contribution in [0.2, 0.25) is 0 Å². The highest BCUT2D eigenvalue weighted by Gasteiger charge is 2.10. The SMILES string of the molecule is C=C(O/C(=C/C(C)CC(=O)OC)CC)c1ccc(F)cc1. The normalized spacial score (nSPS) is 12.7. The zero-order chi connectivity index (χ0) is 15.8. The summed E-state index contributed by atoms with van der Waals surface area (Å²) >= 11 is 0. The van der Waals surface area contributed by atoms with Crippen LogP contribution in [0.15, 0.2) is 42.7 Å². The van der Waals surface area contributed by atoms with Crippen LogP contribution in [-0.4, -0.2) is 13.1 Å². The van der Waals surface area contributed by atoms with Gasteiger partial charge in [-0.2, -0.15) is 0 Å². The lowest BCUT2D eigenvalue weighted by molar-refractivity contribution is -0.141. The molecule has 0 aliphatic carbocycles. The molecule has 0 aliphatic heterocycles. The van der Waals surface area contributed by atoms with Gasteiger partial charge in [0.15, 0.2) is 0 Å². The zero-order valence-electron chi connectivity index (χ0n) is 12.7. The Kier molecular flexibility index (Phi) is 6.66. The van der Waals surface area contributed by atoms with E-state index in [1.54, 1.807) is 12.1 Å². The van der Waals surface area contributed by atoms with Crippen molar-refractivity contribution in [1.29, 1.82) is 0 Å². The highest BCUT2D eigenvalue weighted by Crippen LogP contribution is 2.21. The molecule has 1 rings (SSSR count). The molecule has 1 aromatic rings. The number of hydrogen-bond donors (Lipinski definition) is 0. The first-order valence-corrected chi connectivity index (χ1v) is 6.86. The van der Waals surface area contributed by atoms with Gasteiger partial charge in [0.2, 0.25) is 0 Å². The van der Waals surface area contributed by atoms with Crippen molar-refractivity contribution < 1.29 is 18.7 Å². The summed E-state index contributed by atoms with van der Waals surface area (Å²) in [5.41, 5.74) is 0.719. The van der Waals surface area contributed by atoms with Crippen LogP contribution in [0, 0.1) is 11.7 Å². The van der Waals surface area contributed by atoms with Crippen molar-refractivity contribution >= 4 is 11.7 Å². The maximum absolute atomic E-state index is 12.9. The third-order valence-corrected chi connectivity index (χ3v) is 2.96. The van der Waals surface area contributed by atoms with E-state index >= 15 is 0 Å². The average Bonchev–Trinajstić information content (AvgIpc) is 2.46. The Labute approximate surface area is 125 Å². The molecule has 0 heterocycles. The van der Waals surface area contributed by atoms with Gasteiger partial charge < -0.3 is 9.47 Å². The van der Waals surface area contributed by atoms with Gasteiger partial charge in [-0.25, -0.2) is 4.39 Å². The van der Waals surface area contributed by atoms with Gasteiger partial charge in [-0.1, -0.05) is 20.4 Å². The Balaban J connectivity index is 2.70. The number of carbonyl (C=O) groups excluding carboxylic acids is 1. The topological polar surface area (TPSA) is 35.5 Å². The number of rotatable bonds is 7. The van der Waals surface area contributed by atoms with Gasteiger partial charge in [-0.05, 0) is 36.3 Å². The van der Waals surface area contributed by atoms with Crippen molar-refractivity contribution in [2.75, 3.05) is 7.11 Å². The molecule has 1 unspecified atom stereocenters. The fraction of sp³-hybridized carbons (Fsp3) is 0.353. The van der Waals surface area contributed by atoms with Gasteiger partial charge in [0.05, 0.1) is 13.5 Å². The van der Waals surface area contributed by atoms with Crippen molar-refractivity contribution in [3.8, 4) is 0 Å². The molecule has 0 saturated heterocycles. The fourth-order valence-electron chi connectivity index (χ4n) is 1.80. The molecule has 0 fully saturated rings. The number of benzene rings is 1. The molecule has 114 valence electrons. The van der Waals surface area contributed by atoms with E-state index in [-0.39, 0.29) is 17.7 Å². The first-order chi connectivity index (χ1) is 9.96. The largest absolute Gasteiger partial charge is 0.469 e. The summed E-state index contributed by atoms with van der Waals surface area (Å²) in [5.74, 6) is 0.624. The van der Waals surface area contributed by atoms with Crippen LogP contribution in [0.1, 0.15) is 32.3 Å². The van der Waals surface area contributed by atoms with E-state index in [2.05, 4.69) is 11.3 Å². The summed E-state index contributed by atoms with van der Waals surface area (Å²) in [5, 5.41) is 0. The smallest absolute Gasteiger partial charge is 0.306 e. The van der Waals surface area contributed by atoms with Crippen LogP contribution < -0.4 is 0 Å². The predicted molar refractivity (Wildman–Crippen MR) is 80.7 cm³/mol. The van der Waals surface area contributed by atoms with Crippen molar-refractivity contribution in [1.82, 2.24) is 0 Å². The van der Waals surface area contributed by atoms with Crippen molar-refractivity contribution in [2.24, 2.45) is 5.92 Å². The first kappa shape index (κ1) is 17.0. The minimum Gasteiger partial charge on any atom is -0.469 e. The van der Waals surface area contributed by atoms with Crippen molar-refractivity contribution in [3.63, 3.8) is 0 Å². The van der Waals surface area contributed by atoms with E-state index in [1.807, 2.05) is 19.9 Å². The number of esters is 1. The molecule has 0 amide bonds. The molecule has 0 bridgehead atoms. The van der Waals surface area contributed by atoms with Gasteiger partial charge in [-0.15, -0.1) is 0 Å². The zero-order valence-corrected chi connectivity index (χ0v) is 12.7. The molecular formula is C17H21FO3. The number of halogens is 1. The van der Waals surface area contributed by atoms with Crippen LogP contribution in [0.5, 0.6) is 0 Å². The van der Waals surface area contributed by atoms with Gasteiger partial charge in [0.1, 0.15) is 17.3 Å². The lowest BCUT2D eigenvalue weighted by Crippen LogP contribution is -2.06. The maximum atomic E-state index is 12.9. The molecule has 0 spiro atoms. The number of methoxy groups -OCH3 is 1. The Bertz CT molecular complexity index is 517. The lowest BCUT2D eigenvalue weighted by Gasteiger charge is -2.13. The fourth-order valence-corrected chi connectivity index (χ4v) is 1.80. The molecule has 1 aromatic carbocycles. The third kappa shape index (κ3) is 5.81. The van der Waals surface area contributed by atoms with Crippen molar-refractivity contribution in [2.45, 2.75) is 26.7 Å². The summed E-state index contributed by atoms with van der Waals surface area (Å²) in [6.45, 7) is 7.72. The minimum atomic E-state index is -0.301. The molecule has 4 heteroatoms. The third-order valence-electron chi connectivity index (χ3n) is 2.96. The molecule has 0 aliphatic rings. The molecular weight excluding hydrogens is 271 g/mol. The van der Waals surface area contributed by atoms with Crippen molar-refractivity contribution in [3.05, 3.63) is 54.1 Å². The quantitative estimate of drug-likeness (QED) is 0.555. The first-order valence-electron chi connectivity index (χ1n) is 6.86. The number of hydrogen-bond acceptors (Lipinski definition) is 3. The summed E-state index contributed by atoms with van der Waals surface area (Å²) in [6, 6.07) is 5.95. The monoisotopic (exact) mass is 292 g/mol. The van der Waals surface area contributed by atoms with E-state index in [0.29, 0.717) is 18.6 Å². The van der Waals surface area contributed by atoms with Crippen LogP contribution in [0.3, 0.4) is 0 Å². The molecule has 0 aromatic heterocycles. The summed E-state index contributed by atoms with van der Waals surface area (Å²) in [4.78, 5) is 11.2. The van der Waals surface area contributed by atoms with Gasteiger partial charge in [0.25, 0.3) is 0 Å². The number of carbonyl (C=O) groups is 1. The molecule has 0 radical (unpaired) electrons. The van der Waals surface area contributed by atoms with Crippen LogP contribution in [0.25, 0.3) is 5.76 Å². The van der Waals surface area contributed by atoms with E-state index in [1.165, 1.54) is 19.2 Å². The Morgan fingerprint density at radius 2 is 2.00 bits per heavy atom. The molecule has 0 saturated carbocycles. The van der Waals surface area contributed by atoms with E-state index in [9.17, 15) is 9.18 Å². The highest BCUT2D eigenvalue weighted by molar-refractivity contribution is 5.69. The molecule has 3 nitrogen and oxygen atoms in total. The van der Waals surface area contributed by atoms with E-state index < -0.39 is 0 Å². The number of allylic oxidation sites excluding steroid dienone is 2. The molecule has 1 atom stereocenters. The lowest BCUT2D eigenvalue weighted by atomic mass is 10.1. The molecule has 21 heavy (non-hydrogen) atoms. The Morgan fingerprint density at radius 1 is 1.38 bits per heavy atom. The second kappa shape index (κ2) is 8.25. The van der Waals surface area contributed by atoms with E-state index in [4.69, 9.17) is 4.74 Å². The van der Waals surface area contributed by atoms with Crippen LogP contribution in [0.4, 0.5) is 4.39 Å². The summed E-state index contributed by atoms with van der Waals surface area (Å²) < 4.78 is 23.2. The Hall–Kier alpha value is -2.10. The molecule has 0 N–H and O–H groups in total. The van der Waals surface area contributed by atoms with Gasteiger partial charge in [-0.3, -0.25) is 4.79 Å². The predicted octanol–water partition coefficient (Wildman–Crippen LogP) is 4.31. The van der Waals surface area contributed by atoms with Gasteiger partial charge >= 0.3 is 5.97 Å². The minimum absolute atomic E-state index is 0.00779. The van der Waals surface area contributed by atoms with Crippen LogP contribution >= 0.6 is 0 Å². The average molecular weight is 292 g/mol.